The minimum absolute atomic E-state index is 0.239. The molecule has 2 rings (SSSR count). The van der Waals surface area contributed by atoms with Crippen molar-refractivity contribution >= 4 is 17.8 Å². The fraction of sp³-hybridized carbons (Fsp3) is 0.750. The van der Waals surface area contributed by atoms with Crippen LogP contribution < -0.4 is 5.32 Å². The van der Waals surface area contributed by atoms with Gasteiger partial charge in [-0.25, -0.2) is 0 Å². The number of hydrogen-bond donors (Lipinski definition) is 2. The first kappa shape index (κ1) is 15.6. The Balaban J connectivity index is 1.80. The molecule has 1 unspecified atom stereocenters. The Morgan fingerprint density at radius 1 is 1.29 bits per heavy atom. The monoisotopic (exact) mass is 308 g/mol. The SMILES string of the molecule is O=C(O)C1CC(NC(=O)C2CC(=O)N(CC(F)(F)F)C2)C1. The van der Waals surface area contributed by atoms with Gasteiger partial charge in [0.05, 0.1) is 11.8 Å². The number of nitrogens with zero attached hydrogens (tertiary/aromatic N) is 1. The fourth-order valence-electron chi connectivity index (χ4n) is 2.57. The predicted octanol–water partition coefficient (Wildman–Crippen LogP) is 0.377. The molecule has 0 bridgehead atoms. The van der Waals surface area contributed by atoms with Gasteiger partial charge in [-0.05, 0) is 12.8 Å². The highest BCUT2D eigenvalue weighted by Gasteiger charge is 2.42. The number of halogens is 3. The van der Waals surface area contributed by atoms with Gasteiger partial charge in [-0.3, -0.25) is 14.4 Å². The quantitative estimate of drug-likeness (QED) is 0.786. The van der Waals surface area contributed by atoms with Gasteiger partial charge in [-0.15, -0.1) is 0 Å². The van der Waals surface area contributed by atoms with Gasteiger partial charge in [0.1, 0.15) is 6.54 Å². The molecule has 0 aromatic rings. The van der Waals surface area contributed by atoms with Crippen LogP contribution in [0.4, 0.5) is 13.2 Å². The summed E-state index contributed by atoms with van der Waals surface area (Å²) in [5.74, 6) is -3.38. The fourth-order valence-corrected chi connectivity index (χ4v) is 2.57. The highest BCUT2D eigenvalue weighted by molar-refractivity contribution is 5.89. The minimum Gasteiger partial charge on any atom is -0.481 e. The number of alkyl halides is 3. The van der Waals surface area contributed by atoms with E-state index in [1.54, 1.807) is 0 Å². The first-order chi connectivity index (χ1) is 9.65. The summed E-state index contributed by atoms with van der Waals surface area (Å²) < 4.78 is 36.8. The summed E-state index contributed by atoms with van der Waals surface area (Å²) >= 11 is 0. The van der Waals surface area contributed by atoms with Crippen molar-refractivity contribution in [1.82, 2.24) is 10.2 Å². The Bertz CT molecular complexity index is 460. The van der Waals surface area contributed by atoms with Crippen molar-refractivity contribution in [2.45, 2.75) is 31.5 Å². The van der Waals surface area contributed by atoms with Gasteiger partial charge in [-0.1, -0.05) is 0 Å². The second-order valence-corrected chi connectivity index (χ2v) is 5.50. The number of carbonyl (C=O) groups is 3. The molecular weight excluding hydrogens is 293 g/mol. The number of carboxylic acid groups (broad SMARTS) is 1. The number of amides is 2. The van der Waals surface area contributed by atoms with Gasteiger partial charge in [0, 0.05) is 19.0 Å². The van der Waals surface area contributed by atoms with Crippen molar-refractivity contribution < 1.29 is 32.7 Å². The molecule has 1 aliphatic heterocycles. The smallest absolute Gasteiger partial charge is 0.406 e. The van der Waals surface area contributed by atoms with Gasteiger partial charge in [0.15, 0.2) is 0 Å². The van der Waals surface area contributed by atoms with E-state index in [2.05, 4.69) is 5.32 Å². The zero-order valence-corrected chi connectivity index (χ0v) is 11.0. The number of hydrogen-bond acceptors (Lipinski definition) is 3. The number of rotatable bonds is 4. The molecule has 1 heterocycles. The maximum Gasteiger partial charge on any atom is 0.406 e. The van der Waals surface area contributed by atoms with E-state index in [1.807, 2.05) is 0 Å². The summed E-state index contributed by atoms with van der Waals surface area (Å²) in [6.07, 6.45) is -4.09. The van der Waals surface area contributed by atoms with Crippen LogP contribution >= 0.6 is 0 Å². The number of carboxylic acids is 1. The standard InChI is InChI=1S/C12H15F3N2O4/c13-12(14,15)5-17-4-7(3-9(17)18)10(19)16-8-1-6(2-8)11(20)21/h6-8H,1-5H2,(H,16,19)(H,20,21). The first-order valence-electron chi connectivity index (χ1n) is 6.53. The molecule has 0 radical (unpaired) electrons. The Morgan fingerprint density at radius 3 is 2.43 bits per heavy atom. The van der Waals surface area contributed by atoms with Crippen molar-refractivity contribution in [2.24, 2.45) is 11.8 Å². The molecule has 1 saturated carbocycles. The van der Waals surface area contributed by atoms with E-state index in [-0.39, 0.29) is 19.0 Å². The normalized spacial score (nSPS) is 29.2. The first-order valence-corrected chi connectivity index (χ1v) is 6.53. The maximum absolute atomic E-state index is 12.3. The summed E-state index contributed by atoms with van der Waals surface area (Å²) in [5, 5.41) is 11.3. The van der Waals surface area contributed by atoms with Crippen molar-refractivity contribution in [2.75, 3.05) is 13.1 Å². The van der Waals surface area contributed by atoms with E-state index in [9.17, 15) is 27.6 Å². The Labute approximate surface area is 118 Å². The van der Waals surface area contributed by atoms with Gasteiger partial charge < -0.3 is 15.3 Å². The van der Waals surface area contributed by atoms with Gasteiger partial charge >= 0.3 is 12.1 Å². The largest absolute Gasteiger partial charge is 0.481 e. The number of nitrogens with one attached hydrogen (secondary N) is 1. The minimum atomic E-state index is -4.48. The third-order valence-corrected chi connectivity index (χ3v) is 3.79. The van der Waals surface area contributed by atoms with Crippen LogP contribution in [0.5, 0.6) is 0 Å². The molecule has 9 heteroatoms. The molecule has 2 fully saturated rings. The molecular formula is C12H15F3N2O4. The van der Waals surface area contributed by atoms with Crippen LogP contribution in [-0.2, 0) is 14.4 Å². The highest BCUT2D eigenvalue weighted by atomic mass is 19.4. The van der Waals surface area contributed by atoms with E-state index in [0.29, 0.717) is 17.7 Å². The molecule has 2 aliphatic rings. The Kier molecular flexibility index (Phi) is 4.11. The Hall–Kier alpha value is -1.80. The van der Waals surface area contributed by atoms with Crippen LogP contribution in [0.15, 0.2) is 0 Å². The van der Waals surface area contributed by atoms with Crippen LogP contribution in [0, 0.1) is 11.8 Å². The van der Waals surface area contributed by atoms with Crippen LogP contribution in [0.2, 0.25) is 0 Å². The molecule has 118 valence electrons. The molecule has 0 spiro atoms. The number of carbonyl (C=O) groups excluding carboxylic acids is 2. The second-order valence-electron chi connectivity index (χ2n) is 5.50. The van der Waals surface area contributed by atoms with Crippen LogP contribution in [0.1, 0.15) is 19.3 Å². The van der Waals surface area contributed by atoms with Crippen molar-refractivity contribution in [3.63, 3.8) is 0 Å². The van der Waals surface area contributed by atoms with Crippen molar-refractivity contribution in [3.8, 4) is 0 Å². The van der Waals surface area contributed by atoms with E-state index < -0.39 is 42.3 Å². The molecule has 6 nitrogen and oxygen atoms in total. The van der Waals surface area contributed by atoms with Gasteiger partial charge in [-0.2, -0.15) is 13.2 Å². The maximum atomic E-state index is 12.3. The van der Waals surface area contributed by atoms with E-state index >= 15 is 0 Å². The Morgan fingerprint density at radius 2 is 1.90 bits per heavy atom. The predicted molar refractivity (Wildman–Crippen MR) is 63.0 cm³/mol. The van der Waals surface area contributed by atoms with Crippen LogP contribution in [0.3, 0.4) is 0 Å². The summed E-state index contributed by atoms with van der Waals surface area (Å²) in [7, 11) is 0. The summed E-state index contributed by atoms with van der Waals surface area (Å²) in [6, 6.07) is -0.273. The third-order valence-electron chi connectivity index (χ3n) is 3.79. The second kappa shape index (κ2) is 5.53. The molecule has 1 atom stereocenters. The lowest BCUT2D eigenvalue weighted by Crippen LogP contribution is -2.48. The van der Waals surface area contributed by atoms with E-state index in [4.69, 9.17) is 5.11 Å². The zero-order valence-electron chi connectivity index (χ0n) is 11.0. The third kappa shape index (κ3) is 3.85. The van der Waals surface area contributed by atoms with E-state index in [1.165, 1.54) is 0 Å². The van der Waals surface area contributed by atoms with E-state index in [0.717, 1.165) is 0 Å². The molecule has 2 N–H and O–H groups in total. The summed E-state index contributed by atoms with van der Waals surface area (Å²) in [5.41, 5.74) is 0. The molecule has 2 amide bonds. The molecule has 1 aliphatic carbocycles. The molecule has 0 aromatic heterocycles. The van der Waals surface area contributed by atoms with Gasteiger partial charge in [0.25, 0.3) is 0 Å². The van der Waals surface area contributed by atoms with Crippen LogP contribution in [0.25, 0.3) is 0 Å². The average Bonchev–Trinajstić information content (AvgIpc) is 2.61. The lowest BCUT2D eigenvalue weighted by Gasteiger charge is -2.33. The number of likely N-dealkylation sites (tertiary alicyclic amines) is 1. The molecule has 21 heavy (non-hydrogen) atoms. The van der Waals surface area contributed by atoms with Gasteiger partial charge in [0.2, 0.25) is 11.8 Å². The zero-order chi connectivity index (χ0) is 15.8. The van der Waals surface area contributed by atoms with Crippen LogP contribution in [-0.4, -0.2) is 53.1 Å². The molecule has 1 saturated heterocycles. The molecule has 0 aromatic carbocycles. The van der Waals surface area contributed by atoms with Crippen molar-refractivity contribution in [3.05, 3.63) is 0 Å². The highest BCUT2D eigenvalue weighted by Crippen LogP contribution is 2.29. The topological polar surface area (TPSA) is 86.7 Å². The summed E-state index contributed by atoms with van der Waals surface area (Å²) in [6.45, 7) is -1.60. The number of aliphatic carboxylic acids is 1. The lowest BCUT2D eigenvalue weighted by molar-refractivity contribution is -0.157. The van der Waals surface area contributed by atoms with Crippen molar-refractivity contribution in [1.29, 1.82) is 0 Å². The average molecular weight is 308 g/mol. The lowest BCUT2D eigenvalue weighted by atomic mass is 9.80. The summed E-state index contributed by atoms with van der Waals surface area (Å²) in [4.78, 5) is 34.6.